The van der Waals surface area contributed by atoms with Gasteiger partial charge in [0.1, 0.15) is 6.04 Å². The first-order valence-corrected chi connectivity index (χ1v) is 6.25. The fourth-order valence-corrected chi connectivity index (χ4v) is 2.27. The van der Waals surface area contributed by atoms with Crippen LogP contribution in [0, 0.1) is 5.92 Å². The maximum Gasteiger partial charge on any atom is 0.326 e. The minimum absolute atomic E-state index is 0.496. The summed E-state index contributed by atoms with van der Waals surface area (Å²) in [6, 6.07) is 4.40. The van der Waals surface area contributed by atoms with Gasteiger partial charge < -0.3 is 10.4 Å². The van der Waals surface area contributed by atoms with Gasteiger partial charge in [-0.2, -0.15) is 0 Å². The standard InChI is InChI=1S/C12H13Cl2NO2/c13-8-4-9(14)6-10(5-8)15-11(12(16)17)3-7-1-2-7/h4-7,11,15H,1-3H2,(H,16,17)/t11-/m1/s1. The van der Waals surface area contributed by atoms with Crippen LogP contribution in [0.5, 0.6) is 0 Å². The lowest BCUT2D eigenvalue weighted by Crippen LogP contribution is -2.29. The van der Waals surface area contributed by atoms with Crippen LogP contribution in [0.3, 0.4) is 0 Å². The quantitative estimate of drug-likeness (QED) is 0.861. The summed E-state index contributed by atoms with van der Waals surface area (Å²) in [7, 11) is 0. The Morgan fingerprint density at radius 1 is 1.35 bits per heavy atom. The molecule has 0 saturated heterocycles. The number of hydrogen-bond acceptors (Lipinski definition) is 2. The van der Waals surface area contributed by atoms with Crippen LogP contribution in [-0.4, -0.2) is 17.1 Å². The third kappa shape index (κ3) is 3.79. The Balaban J connectivity index is 2.07. The highest BCUT2D eigenvalue weighted by atomic mass is 35.5. The second-order valence-corrected chi connectivity index (χ2v) is 5.25. The Bertz CT molecular complexity index is 412. The lowest BCUT2D eigenvalue weighted by Gasteiger charge is -2.15. The van der Waals surface area contributed by atoms with E-state index in [4.69, 9.17) is 28.3 Å². The summed E-state index contributed by atoms with van der Waals surface area (Å²) < 4.78 is 0. The number of carbonyl (C=O) groups is 1. The average Bonchev–Trinajstić information content (AvgIpc) is 2.98. The van der Waals surface area contributed by atoms with E-state index in [0.717, 1.165) is 12.8 Å². The third-order valence-electron chi connectivity index (χ3n) is 2.77. The molecular weight excluding hydrogens is 261 g/mol. The number of aliphatic carboxylic acids is 1. The van der Waals surface area contributed by atoms with Gasteiger partial charge in [-0.3, -0.25) is 0 Å². The van der Waals surface area contributed by atoms with Gasteiger partial charge in [-0.1, -0.05) is 36.0 Å². The Hall–Kier alpha value is -0.930. The second kappa shape index (κ2) is 5.15. The molecule has 1 saturated carbocycles. The van der Waals surface area contributed by atoms with Crippen molar-refractivity contribution in [2.24, 2.45) is 5.92 Å². The minimum Gasteiger partial charge on any atom is -0.480 e. The van der Waals surface area contributed by atoms with Gasteiger partial charge in [0.2, 0.25) is 0 Å². The highest BCUT2D eigenvalue weighted by Gasteiger charge is 2.29. The van der Waals surface area contributed by atoms with Gasteiger partial charge >= 0.3 is 5.97 Å². The van der Waals surface area contributed by atoms with Crippen molar-refractivity contribution < 1.29 is 9.90 Å². The number of carboxylic acids is 1. The smallest absolute Gasteiger partial charge is 0.326 e. The van der Waals surface area contributed by atoms with E-state index in [1.54, 1.807) is 18.2 Å². The van der Waals surface area contributed by atoms with Gasteiger partial charge in [-0.15, -0.1) is 0 Å². The molecule has 0 aromatic heterocycles. The second-order valence-electron chi connectivity index (χ2n) is 4.37. The van der Waals surface area contributed by atoms with E-state index in [1.165, 1.54) is 0 Å². The van der Waals surface area contributed by atoms with Gasteiger partial charge in [-0.25, -0.2) is 4.79 Å². The predicted octanol–water partition coefficient (Wildman–Crippen LogP) is 3.66. The summed E-state index contributed by atoms with van der Waals surface area (Å²) >= 11 is 11.7. The van der Waals surface area contributed by atoms with Crippen molar-refractivity contribution in [2.75, 3.05) is 5.32 Å². The van der Waals surface area contributed by atoms with Crippen molar-refractivity contribution in [1.82, 2.24) is 0 Å². The van der Waals surface area contributed by atoms with Crippen molar-refractivity contribution in [2.45, 2.75) is 25.3 Å². The highest BCUT2D eigenvalue weighted by Crippen LogP contribution is 2.34. The van der Waals surface area contributed by atoms with Gasteiger partial charge in [0.15, 0.2) is 0 Å². The topological polar surface area (TPSA) is 49.3 Å². The summed E-state index contributed by atoms with van der Waals surface area (Å²) in [5.41, 5.74) is 0.649. The largest absolute Gasteiger partial charge is 0.480 e. The molecule has 0 amide bonds. The molecule has 0 aliphatic heterocycles. The molecule has 0 heterocycles. The molecule has 1 aromatic carbocycles. The predicted molar refractivity (Wildman–Crippen MR) is 68.8 cm³/mol. The first kappa shape index (κ1) is 12.5. The van der Waals surface area contributed by atoms with E-state index < -0.39 is 12.0 Å². The summed E-state index contributed by atoms with van der Waals surface area (Å²) in [6.45, 7) is 0. The molecule has 2 rings (SSSR count). The van der Waals surface area contributed by atoms with E-state index in [0.29, 0.717) is 28.1 Å². The minimum atomic E-state index is -0.840. The molecule has 1 aliphatic rings. The van der Waals surface area contributed by atoms with Crippen LogP contribution < -0.4 is 5.32 Å². The average molecular weight is 274 g/mol. The number of hydrogen-bond donors (Lipinski definition) is 2. The van der Waals surface area contributed by atoms with Crippen LogP contribution in [-0.2, 0) is 4.79 Å². The number of halogens is 2. The molecule has 0 bridgehead atoms. The zero-order valence-corrected chi connectivity index (χ0v) is 10.6. The number of carboxylic acid groups (broad SMARTS) is 1. The van der Waals surface area contributed by atoms with Crippen molar-refractivity contribution in [3.05, 3.63) is 28.2 Å². The SMILES string of the molecule is O=C(O)[C@@H](CC1CC1)Nc1cc(Cl)cc(Cl)c1. The number of rotatable bonds is 5. The van der Waals surface area contributed by atoms with Crippen LogP contribution >= 0.6 is 23.2 Å². The van der Waals surface area contributed by atoms with Crippen molar-refractivity contribution in [3.8, 4) is 0 Å². The zero-order chi connectivity index (χ0) is 12.4. The molecule has 5 heteroatoms. The van der Waals surface area contributed by atoms with Crippen molar-refractivity contribution in [1.29, 1.82) is 0 Å². The van der Waals surface area contributed by atoms with E-state index in [2.05, 4.69) is 5.32 Å². The molecule has 92 valence electrons. The Morgan fingerprint density at radius 3 is 2.41 bits per heavy atom. The Labute approximate surface area is 110 Å². The molecule has 0 unspecified atom stereocenters. The molecule has 17 heavy (non-hydrogen) atoms. The van der Waals surface area contributed by atoms with E-state index in [1.807, 2.05) is 0 Å². The molecule has 1 atom stereocenters. The maximum atomic E-state index is 11.1. The van der Waals surface area contributed by atoms with Crippen molar-refractivity contribution >= 4 is 34.9 Å². The molecule has 3 nitrogen and oxygen atoms in total. The fraction of sp³-hybridized carbons (Fsp3) is 0.417. The summed E-state index contributed by atoms with van der Waals surface area (Å²) in [5.74, 6) is -0.300. The molecule has 0 spiro atoms. The summed E-state index contributed by atoms with van der Waals surface area (Å²) in [6.07, 6.45) is 2.91. The summed E-state index contributed by atoms with van der Waals surface area (Å²) in [4.78, 5) is 11.1. The molecule has 0 radical (unpaired) electrons. The molecular formula is C12H13Cl2NO2. The third-order valence-corrected chi connectivity index (χ3v) is 3.20. The van der Waals surface area contributed by atoms with Crippen LogP contribution in [0.4, 0.5) is 5.69 Å². The van der Waals surface area contributed by atoms with E-state index in [9.17, 15) is 4.79 Å². The van der Waals surface area contributed by atoms with Crippen LogP contribution in [0.25, 0.3) is 0 Å². The highest BCUT2D eigenvalue weighted by molar-refractivity contribution is 6.35. The van der Waals surface area contributed by atoms with Crippen LogP contribution in [0.2, 0.25) is 10.0 Å². The van der Waals surface area contributed by atoms with E-state index >= 15 is 0 Å². The van der Waals surface area contributed by atoms with E-state index in [-0.39, 0.29) is 0 Å². The van der Waals surface area contributed by atoms with Crippen LogP contribution in [0.15, 0.2) is 18.2 Å². The number of benzene rings is 1. The Morgan fingerprint density at radius 2 is 1.94 bits per heavy atom. The maximum absolute atomic E-state index is 11.1. The van der Waals surface area contributed by atoms with Crippen molar-refractivity contribution in [3.63, 3.8) is 0 Å². The lowest BCUT2D eigenvalue weighted by molar-refractivity contribution is -0.138. The molecule has 1 aromatic rings. The molecule has 1 fully saturated rings. The van der Waals surface area contributed by atoms with Crippen LogP contribution in [0.1, 0.15) is 19.3 Å². The Kier molecular flexibility index (Phi) is 3.79. The fourth-order valence-electron chi connectivity index (χ4n) is 1.75. The first-order chi connectivity index (χ1) is 8.04. The molecule has 1 aliphatic carbocycles. The number of anilines is 1. The summed E-state index contributed by atoms with van der Waals surface area (Å²) in [5, 5.41) is 13.1. The van der Waals surface area contributed by atoms with Gasteiger partial charge in [0.05, 0.1) is 0 Å². The van der Waals surface area contributed by atoms with Gasteiger partial charge in [0, 0.05) is 15.7 Å². The number of nitrogens with one attached hydrogen (secondary N) is 1. The normalized spacial score (nSPS) is 16.6. The van der Waals surface area contributed by atoms with Gasteiger partial charge in [0.25, 0.3) is 0 Å². The first-order valence-electron chi connectivity index (χ1n) is 5.50. The zero-order valence-electron chi connectivity index (χ0n) is 9.12. The molecule has 2 N–H and O–H groups in total. The lowest BCUT2D eigenvalue weighted by atomic mass is 10.1. The van der Waals surface area contributed by atoms with Gasteiger partial charge in [-0.05, 0) is 30.5 Å². The monoisotopic (exact) mass is 273 g/mol.